The highest BCUT2D eigenvalue weighted by molar-refractivity contribution is 5.95. The number of aliphatic hydroxyl groups is 1. The Hall–Kier alpha value is -1.15. The summed E-state index contributed by atoms with van der Waals surface area (Å²) in [4.78, 5) is 11.1. The van der Waals surface area contributed by atoms with Crippen molar-refractivity contribution in [3.05, 3.63) is 35.9 Å². The number of hydrogen-bond donors (Lipinski definition) is 1. The molecule has 0 aromatic heterocycles. The van der Waals surface area contributed by atoms with Gasteiger partial charge in [0.2, 0.25) is 0 Å². The van der Waals surface area contributed by atoms with E-state index in [9.17, 15) is 4.79 Å². The molecule has 12 heavy (non-hydrogen) atoms. The van der Waals surface area contributed by atoms with E-state index in [2.05, 4.69) is 0 Å². The zero-order valence-electron chi connectivity index (χ0n) is 6.16. The Morgan fingerprint density at radius 1 is 1.25 bits per heavy atom. The molecule has 0 radical (unpaired) electrons. The van der Waals surface area contributed by atoms with Crippen molar-refractivity contribution >= 4 is 5.78 Å². The number of ketones is 1. The Balaban J connectivity index is 0.00000121. The Kier molecular flexibility index (Phi) is 4.97. The molecule has 0 aliphatic heterocycles. The molecule has 1 rings (SSSR count). The molecule has 2 heteroatoms. The van der Waals surface area contributed by atoms with Gasteiger partial charge in [-0.3, -0.25) is 4.79 Å². The third kappa shape index (κ3) is 2.84. The van der Waals surface area contributed by atoms with E-state index in [0.29, 0.717) is 5.56 Å². The highest BCUT2D eigenvalue weighted by atomic mass is 16.3. The van der Waals surface area contributed by atoms with E-state index in [-0.39, 0.29) is 26.2 Å². The molecule has 0 atom stereocenters. The topological polar surface area (TPSA) is 37.3 Å². The Morgan fingerprint density at radius 2 is 1.83 bits per heavy atom. The van der Waals surface area contributed by atoms with Crippen molar-refractivity contribution in [2.24, 2.45) is 0 Å². The number of carbonyl (C=O) groups excluding carboxylic acids is 1. The molecular formula is C10H14O2. The summed E-state index contributed by atoms with van der Waals surface area (Å²) < 4.78 is 0. The zero-order valence-corrected chi connectivity index (χ0v) is 6.16. The third-order valence-electron chi connectivity index (χ3n) is 1.43. The van der Waals surface area contributed by atoms with Gasteiger partial charge in [0.25, 0.3) is 0 Å². The summed E-state index contributed by atoms with van der Waals surface area (Å²) in [5.41, 5.74) is 0.668. The fraction of sp³-hybridized carbons (Fsp3) is 0.300. The number of carbonyl (C=O) groups is 1. The van der Waals surface area contributed by atoms with Crippen LogP contribution < -0.4 is 0 Å². The lowest BCUT2D eigenvalue weighted by molar-refractivity contribution is 0.0956. The lowest BCUT2D eigenvalue weighted by Crippen LogP contribution is -2.00. The predicted molar refractivity (Wildman–Crippen MR) is 49.2 cm³/mol. The second-order valence-corrected chi connectivity index (χ2v) is 2.26. The van der Waals surface area contributed by atoms with Crippen molar-refractivity contribution in [3.63, 3.8) is 0 Å². The summed E-state index contributed by atoms with van der Waals surface area (Å²) in [5, 5.41) is 8.48. The minimum atomic E-state index is -0.0757. The third-order valence-corrected chi connectivity index (χ3v) is 1.43. The van der Waals surface area contributed by atoms with E-state index in [1.165, 1.54) is 0 Å². The van der Waals surface area contributed by atoms with Gasteiger partial charge >= 0.3 is 0 Å². The van der Waals surface area contributed by atoms with E-state index in [0.717, 1.165) is 0 Å². The van der Waals surface area contributed by atoms with Crippen LogP contribution in [0.3, 0.4) is 0 Å². The molecule has 0 saturated heterocycles. The van der Waals surface area contributed by atoms with Crippen LogP contribution in [0.1, 0.15) is 24.2 Å². The minimum Gasteiger partial charge on any atom is -0.396 e. The summed E-state index contributed by atoms with van der Waals surface area (Å²) in [6, 6.07) is 8.97. The number of Topliss-reactive ketones (excluding diaryl/α,β-unsaturated/α-hetero) is 1. The maximum absolute atomic E-state index is 11.1. The van der Waals surface area contributed by atoms with Gasteiger partial charge in [0.1, 0.15) is 0 Å². The van der Waals surface area contributed by atoms with Crippen molar-refractivity contribution < 1.29 is 9.90 Å². The molecule has 1 N–H and O–H groups in total. The lowest BCUT2D eigenvalue weighted by atomic mass is 10.1. The summed E-state index contributed by atoms with van der Waals surface area (Å²) in [7, 11) is 0. The van der Waals surface area contributed by atoms with Gasteiger partial charge in [-0.05, 0) is 0 Å². The Morgan fingerprint density at radius 3 is 2.33 bits per heavy atom. The van der Waals surface area contributed by atoms with Crippen LogP contribution in [-0.2, 0) is 0 Å². The first-order valence-electron chi connectivity index (χ1n) is 3.53. The lowest BCUT2D eigenvalue weighted by Gasteiger charge is -1.95. The molecule has 0 spiro atoms. The SMILES string of the molecule is C.O=C(CCO)c1ccccc1. The number of rotatable bonds is 3. The van der Waals surface area contributed by atoms with Gasteiger partial charge in [0.05, 0.1) is 6.61 Å². The molecule has 1 aromatic rings. The van der Waals surface area contributed by atoms with Crippen molar-refractivity contribution in [1.82, 2.24) is 0 Å². The van der Waals surface area contributed by atoms with Gasteiger partial charge in [-0.2, -0.15) is 0 Å². The van der Waals surface area contributed by atoms with Crippen LogP contribution in [0.15, 0.2) is 30.3 Å². The Bertz CT molecular complexity index is 229. The number of aliphatic hydroxyl groups excluding tert-OH is 1. The molecule has 1 aromatic carbocycles. The average Bonchev–Trinajstić information content (AvgIpc) is 2.07. The second-order valence-electron chi connectivity index (χ2n) is 2.26. The van der Waals surface area contributed by atoms with Gasteiger partial charge in [0.15, 0.2) is 5.78 Å². The fourth-order valence-electron chi connectivity index (χ4n) is 0.870. The van der Waals surface area contributed by atoms with E-state index in [1.54, 1.807) is 12.1 Å². The fourth-order valence-corrected chi connectivity index (χ4v) is 0.870. The molecule has 0 saturated carbocycles. The molecule has 0 unspecified atom stereocenters. The van der Waals surface area contributed by atoms with Crippen LogP contribution >= 0.6 is 0 Å². The summed E-state index contributed by atoms with van der Waals surface area (Å²) >= 11 is 0. The monoisotopic (exact) mass is 166 g/mol. The summed E-state index contributed by atoms with van der Waals surface area (Å²) in [5.74, 6) is -0.00639. The van der Waals surface area contributed by atoms with Crippen LogP contribution in [0.25, 0.3) is 0 Å². The number of hydrogen-bond acceptors (Lipinski definition) is 2. The quantitative estimate of drug-likeness (QED) is 0.696. The second kappa shape index (κ2) is 5.49. The van der Waals surface area contributed by atoms with E-state index in [4.69, 9.17) is 5.11 Å². The molecule has 0 amide bonds. The van der Waals surface area contributed by atoms with Gasteiger partial charge in [-0.1, -0.05) is 37.8 Å². The van der Waals surface area contributed by atoms with Crippen LogP contribution in [0.4, 0.5) is 0 Å². The van der Waals surface area contributed by atoms with Gasteiger partial charge < -0.3 is 5.11 Å². The van der Waals surface area contributed by atoms with Crippen molar-refractivity contribution in [1.29, 1.82) is 0 Å². The molecule has 0 bridgehead atoms. The van der Waals surface area contributed by atoms with Crippen LogP contribution in [0, 0.1) is 0 Å². The molecule has 0 aliphatic rings. The standard InChI is InChI=1S/C9H10O2.CH4/c10-7-6-9(11)8-4-2-1-3-5-8;/h1-5,10H,6-7H2;1H4. The van der Waals surface area contributed by atoms with E-state index < -0.39 is 0 Å². The normalized spacial score (nSPS) is 8.75. The van der Waals surface area contributed by atoms with Gasteiger partial charge in [-0.15, -0.1) is 0 Å². The first-order chi connectivity index (χ1) is 5.34. The molecule has 0 heterocycles. The first-order valence-corrected chi connectivity index (χ1v) is 3.53. The zero-order chi connectivity index (χ0) is 8.10. The molecular weight excluding hydrogens is 152 g/mol. The molecule has 66 valence electrons. The van der Waals surface area contributed by atoms with E-state index >= 15 is 0 Å². The maximum Gasteiger partial charge on any atom is 0.165 e. The summed E-state index contributed by atoms with van der Waals surface area (Å²) in [6.45, 7) is -0.0757. The average molecular weight is 166 g/mol. The van der Waals surface area contributed by atoms with Crippen LogP contribution in [0.5, 0.6) is 0 Å². The maximum atomic E-state index is 11.1. The van der Waals surface area contributed by atoms with E-state index in [1.807, 2.05) is 18.2 Å². The minimum absolute atomic E-state index is 0. The highest BCUT2D eigenvalue weighted by Gasteiger charge is 2.01. The van der Waals surface area contributed by atoms with Crippen molar-refractivity contribution in [3.8, 4) is 0 Å². The number of benzene rings is 1. The molecule has 0 aliphatic carbocycles. The molecule has 0 fully saturated rings. The summed E-state index contributed by atoms with van der Waals surface area (Å²) in [6.07, 6.45) is 0.212. The van der Waals surface area contributed by atoms with Gasteiger partial charge in [-0.25, -0.2) is 0 Å². The highest BCUT2D eigenvalue weighted by Crippen LogP contribution is 2.01. The predicted octanol–water partition coefficient (Wildman–Crippen LogP) is 1.89. The van der Waals surface area contributed by atoms with Crippen LogP contribution in [-0.4, -0.2) is 17.5 Å². The van der Waals surface area contributed by atoms with Crippen molar-refractivity contribution in [2.75, 3.05) is 6.61 Å². The van der Waals surface area contributed by atoms with Gasteiger partial charge in [0, 0.05) is 12.0 Å². The smallest absolute Gasteiger partial charge is 0.165 e. The largest absolute Gasteiger partial charge is 0.396 e. The first kappa shape index (κ1) is 10.8. The van der Waals surface area contributed by atoms with Crippen molar-refractivity contribution in [2.45, 2.75) is 13.8 Å². The molecule has 2 nitrogen and oxygen atoms in total. The Labute approximate surface area is 72.9 Å². The van der Waals surface area contributed by atoms with Crippen LogP contribution in [0.2, 0.25) is 0 Å².